The summed E-state index contributed by atoms with van der Waals surface area (Å²) >= 11 is 6.03. The fraction of sp³-hybridized carbons (Fsp3) is 0.333. The molecule has 0 radical (unpaired) electrons. The summed E-state index contributed by atoms with van der Waals surface area (Å²) < 4.78 is 0. The Bertz CT molecular complexity index is 776. The number of hydrogen-bond acceptors (Lipinski definition) is 2. The minimum Gasteiger partial charge on any atom is -0.357 e. The number of nitrogens with zero attached hydrogens (tertiary/aromatic N) is 1. The van der Waals surface area contributed by atoms with Crippen molar-refractivity contribution in [1.82, 2.24) is 10.2 Å². The highest BCUT2D eigenvalue weighted by molar-refractivity contribution is 6.30. The molecule has 1 N–H and O–H groups in total. The maximum Gasteiger partial charge on any atom is 0.242 e. The first-order valence-electron chi connectivity index (χ1n) is 8.76. The first-order chi connectivity index (χ1) is 12.5. The molecule has 2 aromatic carbocycles. The molecule has 138 valence electrons. The quantitative estimate of drug-likeness (QED) is 0.804. The van der Waals surface area contributed by atoms with E-state index in [2.05, 4.69) is 5.32 Å². The summed E-state index contributed by atoms with van der Waals surface area (Å²) in [6, 6.07) is 14.7. The van der Waals surface area contributed by atoms with Gasteiger partial charge < -0.3 is 10.2 Å². The van der Waals surface area contributed by atoms with Crippen LogP contribution in [0.5, 0.6) is 0 Å². The number of benzene rings is 2. The Morgan fingerprint density at radius 2 is 1.88 bits per heavy atom. The predicted octanol–water partition coefficient (Wildman–Crippen LogP) is 3.74. The van der Waals surface area contributed by atoms with E-state index >= 15 is 0 Å². The van der Waals surface area contributed by atoms with Crippen molar-refractivity contribution < 1.29 is 9.59 Å². The molecule has 2 aromatic rings. The van der Waals surface area contributed by atoms with Crippen molar-refractivity contribution in [3.63, 3.8) is 0 Å². The van der Waals surface area contributed by atoms with Crippen molar-refractivity contribution in [3.8, 4) is 0 Å². The van der Waals surface area contributed by atoms with Crippen LogP contribution < -0.4 is 5.32 Å². The van der Waals surface area contributed by atoms with E-state index in [0.717, 1.165) is 16.7 Å². The van der Waals surface area contributed by atoms with Crippen LogP contribution in [0.1, 0.15) is 30.0 Å². The molecular formula is C21H25ClN2O2. The average Bonchev–Trinajstić information content (AvgIpc) is 2.62. The molecule has 0 saturated heterocycles. The minimum absolute atomic E-state index is 0.0917. The predicted molar refractivity (Wildman–Crippen MR) is 105 cm³/mol. The van der Waals surface area contributed by atoms with Gasteiger partial charge in [0.05, 0.1) is 6.42 Å². The number of amides is 2. The van der Waals surface area contributed by atoms with Crippen LogP contribution in [0.2, 0.25) is 5.02 Å². The molecule has 0 aliphatic rings. The molecule has 0 aliphatic heterocycles. The summed E-state index contributed by atoms with van der Waals surface area (Å²) in [5.74, 6) is -0.244. The van der Waals surface area contributed by atoms with E-state index in [1.54, 1.807) is 24.1 Å². The zero-order valence-electron chi connectivity index (χ0n) is 15.5. The fourth-order valence-electron chi connectivity index (χ4n) is 2.98. The molecule has 0 fully saturated rings. The van der Waals surface area contributed by atoms with E-state index in [4.69, 9.17) is 11.6 Å². The molecule has 2 rings (SSSR count). The van der Waals surface area contributed by atoms with E-state index < -0.39 is 6.04 Å². The van der Waals surface area contributed by atoms with Gasteiger partial charge in [0.15, 0.2) is 0 Å². The Morgan fingerprint density at radius 1 is 1.15 bits per heavy atom. The molecule has 0 bridgehead atoms. The number of nitrogens with one attached hydrogen (secondary N) is 1. The second-order valence-electron chi connectivity index (χ2n) is 6.29. The van der Waals surface area contributed by atoms with Gasteiger partial charge in [-0.1, -0.05) is 54.9 Å². The average molecular weight is 373 g/mol. The van der Waals surface area contributed by atoms with Gasteiger partial charge in [0.25, 0.3) is 0 Å². The van der Waals surface area contributed by atoms with Crippen LogP contribution in [0.15, 0.2) is 48.5 Å². The van der Waals surface area contributed by atoms with Crippen molar-refractivity contribution in [2.75, 3.05) is 7.05 Å². The molecule has 0 spiro atoms. The number of aryl methyl sites for hydroxylation is 1. The van der Waals surface area contributed by atoms with E-state index in [1.807, 2.05) is 50.2 Å². The zero-order chi connectivity index (χ0) is 19.1. The summed E-state index contributed by atoms with van der Waals surface area (Å²) in [6.45, 7) is 4.32. The molecule has 0 aromatic heterocycles. The largest absolute Gasteiger partial charge is 0.357 e. The second kappa shape index (κ2) is 9.39. The molecular weight excluding hydrogens is 348 g/mol. The Labute approximate surface area is 160 Å². The van der Waals surface area contributed by atoms with E-state index in [9.17, 15) is 9.59 Å². The first-order valence-corrected chi connectivity index (χ1v) is 9.14. The summed E-state index contributed by atoms with van der Waals surface area (Å²) in [6.07, 6.45) is 0.757. The van der Waals surface area contributed by atoms with Crippen LogP contribution in [0.4, 0.5) is 0 Å². The third-order valence-electron chi connectivity index (χ3n) is 4.48. The summed E-state index contributed by atoms with van der Waals surface area (Å²) in [5, 5.41) is 3.27. The molecule has 4 nitrogen and oxygen atoms in total. The fourth-order valence-corrected chi connectivity index (χ4v) is 3.19. The standard InChI is InChI=1S/C21H25ClN2O2/c1-4-19(21(26)23-3)24(14-17-10-6-5-8-15(17)2)20(25)13-16-9-7-11-18(22)12-16/h5-12,19H,4,13-14H2,1-3H3,(H,23,26)/t19-/m0/s1. The summed E-state index contributed by atoms with van der Waals surface area (Å²) in [7, 11) is 1.60. The van der Waals surface area contributed by atoms with Gasteiger partial charge in [-0.2, -0.15) is 0 Å². The Hall–Kier alpha value is -2.33. The number of rotatable bonds is 7. The molecule has 0 saturated carbocycles. The molecule has 1 atom stereocenters. The topological polar surface area (TPSA) is 49.4 Å². The molecule has 0 unspecified atom stereocenters. The number of carbonyl (C=O) groups excluding carboxylic acids is 2. The lowest BCUT2D eigenvalue weighted by molar-refractivity contribution is -0.140. The lowest BCUT2D eigenvalue weighted by Gasteiger charge is -2.31. The van der Waals surface area contributed by atoms with Crippen LogP contribution in [0, 0.1) is 6.92 Å². The van der Waals surface area contributed by atoms with Gasteiger partial charge in [0, 0.05) is 18.6 Å². The number of hydrogen-bond donors (Lipinski definition) is 1. The molecule has 0 aliphatic carbocycles. The van der Waals surface area contributed by atoms with Crippen molar-refractivity contribution in [3.05, 3.63) is 70.2 Å². The normalized spacial score (nSPS) is 11.7. The minimum atomic E-state index is -0.508. The first kappa shape index (κ1) is 20.0. The van der Waals surface area contributed by atoms with E-state index in [0.29, 0.717) is 18.0 Å². The van der Waals surface area contributed by atoms with Gasteiger partial charge in [-0.15, -0.1) is 0 Å². The maximum absolute atomic E-state index is 13.1. The summed E-state index contributed by atoms with van der Waals surface area (Å²) in [4.78, 5) is 27.1. The highest BCUT2D eigenvalue weighted by Crippen LogP contribution is 2.18. The summed E-state index contributed by atoms with van der Waals surface area (Å²) in [5.41, 5.74) is 2.97. The Kier molecular flexibility index (Phi) is 7.22. The molecule has 5 heteroatoms. The van der Waals surface area contributed by atoms with Gasteiger partial charge in [-0.25, -0.2) is 0 Å². The van der Waals surface area contributed by atoms with Crippen molar-refractivity contribution in [2.45, 2.75) is 39.3 Å². The van der Waals surface area contributed by atoms with Crippen molar-refractivity contribution in [2.24, 2.45) is 0 Å². The van der Waals surface area contributed by atoms with Gasteiger partial charge in [0.1, 0.15) is 6.04 Å². The van der Waals surface area contributed by atoms with Crippen LogP contribution in [0.25, 0.3) is 0 Å². The van der Waals surface area contributed by atoms with Crippen LogP contribution in [-0.2, 0) is 22.6 Å². The third-order valence-corrected chi connectivity index (χ3v) is 4.71. The van der Waals surface area contributed by atoms with Gasteiger partial charge in [0.2, 0.25) is 11.8 Å². The highest BCUT2D eigenvalue weighted by atomic mass is 35.5. The maximum atomic E-state index is 13.1. The van der Waals surface area contributed by atoms with Gasteiger partial charge in [-0.3, -0.25) is 9.59 Å². The number of likely N-dealkylation sites (N-methyl/N-ethyl adjacent to an activating group) is 1. The Morgan fingerprint density at radius 3 is 2.50 bits per heavy atom. The highest BCUT2D eigenvalue weighted by Gasteiger charge is 2.28. The molecule has 0 heterocycles. The van der Waals surface area contributed by atoms with Crippen molar-refractivity contribution >= 4 is 23.4 Å². The number of carbonyl (C=O) groups is 2. The third kappa shape index (κ3) is 5.09. The van der Waals surface area contributed by atoms with E-state index in [-0.39, 0.29) is 18.2 Å². The van der Waals surface area contributed by atoms with Crippen LogP contribution in [-0.4, -0.2) is 29.8 Å². The zero-order valence-corrected chi connectivity index (χ0v) is 16.2. The van der Waals surface area contributed by atoms with E-state index in [1.165, 1.54) is 0 Å². The van der Waals surface area contributed by atoms with Crippen molar-refractivity contribution in [1.29, 1.82) is 0 Å². The second-order valence-corrected chi connectivity index (χ2v) is 6.73. The lowest BCUT2D eigenvalue weighted by Crippen LogP contribution is -2.48. The van der Waals surface area contributed by atoms with Crippen LogP contribution in [0.3, 0.4) is 0 Å². The number of halogens is 1. The Balaban J connectivity index is 2.30. The smallest absolute Gasteiger partial charge is 0.242 e. The lowest BCUT2D eigenvalue weighted by atomic mass is 10.0. The molecule has 2 amide bonds. The van der Waals surface area contributed by atoms with Crippen LogP contribution >= 0.6 is 11.6 Å². The SMILES string of the molecule is CC[C@@H](C(=O)NC)N(Cc1ccccc1C)C(=O)Cc1cccc(Cl)c1. The monoisotopic (exact) mass is 372 g/mol. The molecule has 26 heavy (non-hydrogen) atoms. The van der Waals surface area contributed by atoms with Gasteiger partial charge >= 0.3 is 0 Å². The van der Waals surface area contributed by atoms with Gasteiger partial charge in [-0.05, 0) is 42.2 Å².